The van der Waals surface area contributed by atoms with Gasteiger partial charge in [-0.1, -0.05) is 6.07 Å². The van der Waals surface area contributed by atoms with Crippen LogP contribution in [0, 0.1) is 27.7 Å². The third-order valence-corrected chi connectivity index (χ3v) is 4.93. The van der Waals surface area contributed by atoms with Crippen LogP contribution in [0.25, 0.3) is 5.69 Å². The highest BCUT2D eigenvalue weighted by atomic mass is 19.4. The molecule has 0 saturated heterocycles. The maximum absolute atomic E-state index is 13.0. The van der Waals surface area contributed by atoms with Crippen molar-refractivity contribution in [3.63, 3.8) is 0 Å². The Hall–Kier alpha value is -3.16. The van der Waals surface area contributed by atoms with Crippen molar-refractivity contribution >= 4 is 11.6 Å². The van der Waals surface area contributed by atoms with Crippen molar-refractivity contribution in [2.45, 2.75) is 40.3 Å². The molecule has 29 heavy (non-hydrogen) atoms. The van der Waals surface area contributed by atoms with Gasteiger partial charge in [0.1, 0.15) is 0 Å². The van der Waals surface area contributed by atoms with Gasteiger partial charge in [-0.25, -0.2) is 4.68 Å². The Morgan fingerprint density at radius 2 is 1.83 bits per heavy atom. The number of carbonyl (C=O) groups is 1. The molecule has 1 aromatic carbocycles. The fourth-order valence-electron chi connectivity index (χ4n) is 3.13. The van der Waals surface area contributed by atoms with E-state index in [1.807, 2.05) is 13.8 Å². The number of nitrogens with zero attached hydrogens (tertiary/aromatic N) is 3. The molecule has 0 aliphatic heterocycles. The minimum atomic E-state index is -4.44. The average Bonchev–Trinajstić information content (AvgIpc) is 2.93. The zero-order valence-electron chi connectivity index (χ0n) is 16.6. The molecule has 0 spiro atoms. The Labute approximate surface area is 166 Å². The van der Waals surface area contributed by atoms with Gasteiger partial charge < -0.3 is 5.32 Å². The van der Waals surface area contributed by atoms with E-state index in [1.165, 1.54) is 10.7 Å². The van der Waals surface area contributed by atoms with Crippen LogP contribution in [0.15, 0.2) is 36.5 Å². The molecule has 2 heterocycles. The van der Waals surface area contributed by atoms with Gasteiger partial charge in [-0.15, -0.1) is 0 Å². The number of amides is 1. The molecule has 8 heteroatoms. The van der Waals surface area contributed by atoms with Gasteiger partial charge in [-0.05, 0) is 57.5 Å². The monoisotopic (exact) mass is 402 g/mol. The summed E-state index contributed by atoms with van der Waals surface area (Å²) >= 11 is 0. The Morgan fingerprint density at radius 1 is 1.10 bits per heavy atom. The van der Waals surface area contributed by atoms with Crippen LogP contribution in [0.1, 0.15) is 33.8 Å². The Morgan fingerprint density at radius 3 is 2.52 bits per heavy atom. The number of hydrogen-bond donors (Lipinski definition) is 1. The van der Waals surface area contributed by atoms with Crippen molar-refractivity contribution in [3.05, 3.63) is 70.3 Å². The molecule has 0 radical (unpaired) electrons. The highest BCUT2D eigenvalue weighted by Gasteiger charge is 2.30. The van der Waals surface area contributed by atoms with Gasteiger partial charge in [-0.3, -0.25) is 9.78 Å². The van der Waals surface area contributed by atoms with Crippen molar-refractivity contribution in [1.82, 2.24) is 14.8 Å². The lowest BCUT2D eigenvalue weighted by Crippen LogP contribution is -2.16. The minimum Gasteiger partial charge on any atom is -0.325 e. The summed E-state index contributed by atoms with van der Waals surface area (Å²) in [5.74, 6) is -0.228. The molecule has 0 saturated carbocycles. The smallest absolute Gasteiger partial charge is 0.325 e. The van der Waals surface area contributed by atoms with Crippen molar-refractivity contribution in [2.24, 2.45) is 0 Å². The molecule has 0 atom stereocenters. The SMILES string of the molecule is Cc1nccc(NC(=O)Cc2c(C)nn(-c3cccc(C(F)(F)F)c3)c2C)c1C. The first-order valence-electron chi connectivity index (χ1n) is 9.02. The van der Waals surface area contributed by atoms with Crippen molar-refractivity contribution in [3.8, 4) is 5.69 Å². The highest BCUT2D eigenvalue weighted by molar-refractivity contribution is 5.93. The first-order chi connectivity index (χ1) is 13.6. The average molecular weight is 402 g/mol. The molecule has 1 amide bonds. The van der Waals surface area contributed by atoms with E-state index in [2.05, 4.69) is 15.4 Å². The zero-order chi connectivity index (χ0) is 21.3. The van der Waals surface area contributed by atoms with E-state index in [1.54, 1.807) is 32.2 Å². The molecular formula is C21H21F3N4O. The predicted molar refractivity (Wildman–Crippen MR) is 104 cm³/mol. The molecule has 152 valence electrons. The van der Waals surface area contributed by atoms with Crippen LogP contribution in [0.2, 0.25) is 0 Å². The van der Waals surface area contributed by atoms with Crippen LogP contribution in [-0.2, 0) is 17.4 Å². The van der Waals surface area contributed by atoms with E-state index >= 15 is 0 Å². The third-order valence-electron chi connectivity index (χ3n) is 4.93. The number of aryl methyl sites for hydroxylation is 2. The van der Waals surface area contributed by atoms with Crippen LogP contribution in [0.3, 0.4) is 0 Å². The largest absolute Gasteiger partial charge is 0.416 e. The van der Waals surface area contributed by atoms with Crippen molar-refractivity contribution in [2.75, 3.05) is 5.32 Å². The van der Waals surface area contributed by atoms with Gasteiger partial charge in [0.15, 0.2) is 0 Å². The maximum atomic E-state index is 13.0. The molecule has 3 aromatic rings. The number of aromatic nitrogens is 3. The second-order valence-corrected chi connectivity index (χ2v) is 6.90. The summed E-state index contributed by atoms with van der Waals surface area (Å²) in [7, 11) is 0. The number of carbonyl (C=O) groups excluding carboxylic acids is 1. The topological polar surface area (TPSA) is 59.8 Å². The lowest BCUT2D eigenvalue weighted by molar-refractivity contribution is -0.137. The summed E-state index contributed by atoms with van der Waals surface area (Å²) in [5, 5.41) is 7.22. The Kier molecular flexibility index (Phi) is 5.46. The fraction of sp³-hybridized carbons (Fsp3) is 0.286. The molecule has 2 aromatic heterocycles. The van der Waals surface area contributed by atoms with Gasteiger partial charge in [0, 0.05) is 28.8 Å². The number of hydrogen-bond acceptors (Lipinski definition) is 3. The van der Waals surface area contributed by atoms with Crippen molar-refractivity contribution < 1.29 is 18.0 Å². The lowest BCUT2D eigenvalue weighted by Gasteiger charge is -2.11. The molecule has 0 bridgehead atoms. The molecule has 0 unspecified atom stereocenters. The fourth-order valence-corrected chi connectivity index (χ4v) is 3.13. The number of halogens is 3. The Bertz CT molecular complexity index is 1070. The van der Waals surface area contributed by atoms with E-state index < -0.39 is 11.7 Å². The molecule has 5 nitrogen and oxygen atoms in total. The number of pyridine rings is 1. The number of rotatable bonds is 4. The summed E-state index contributed by atoms with van der Waals surface area (Å²) in [4.78, 5) is 16.7. The summed E-state index contributed by atoms with van der Waals surface area (Å²) < 4.78 is 40.5. The second kappa shape index (κ2) is 7.69. The van der Waals surface area contributed by atoms with Gasteiger partial charge in [0.25, 0.3) is 0 Å². The van der Waals surface area contributed by atoms with Gasteiger partial charge >= 0.3 is 6.18 Å². The summed E-state index contributed by atoms with van der Waals surface area (Å²) in [6.45, 7) is 7.21. The molecular weight excluding hydrogens is 381 g/mol. The van der Waals surface area contributed by atoms with E-state index in [4.69, 9.17) is 0 Å². The Balaban J connectivity index is 1.87. The number of anilines is 1. The molecule has 1 N–H and O–H groups in total. The summed E-state index contributed by atoms with van der Waals surface area (Å²) in [6.07, 6.45) is -2.74. The highest BCUT2D eigenvalue weighted by Crippen LogP contribution is 2.31. The van der Waals surface area contributed by atoms with Crippen LogP contribution >= 0.6 is 0 Å². The number of benzene rings is 1. The third kappa shape index (κ3) is 4.31. The zero-order valence-corrected chi connectivity index (χ0v) is 16.6. The van der Waals surface area contributed by atoms with Crippen LogP contribution < -0.4 is 5.32 Å². The van der Waals surface area contributed by atoms with E-state index in [0.717, 1.165) is 23.4 Å². The molecule has 3 rings (SSSR count). The lowest BCUT2D eigenvalue weighted by atomic mass is 10.1. The summed E-state index contributed by atoms with van der Waals surface area (Å²) in [5.41, 5.74) is 3.85. The summed E-state index contributed by atoms with van der Waals surface area (Å²) in [6, 6.07) is 6.69. The van der Waals surface area contributed by atoms with Crippen molar-refractivity contribution in [1.29, 1.82) is 0 Å². The first-order valence-corrected chi connectivity index (χ1v) is 9.02. The van der Waals surface area contributed by atoms with E-state index in [0.29, 0.717) is 28.3 Å². The van der Waals surface area contributed by atoms with Crippen LogP contribution in [0.4, 0.5) is 18.9 Å². The van der Waals surface area contributed by atoms with Gasteiger partial charge in [0.2, 0.25) is 5.91 Å². The van der Waals surface area contributed by atoms with Crippen LogP contribution in [0.5, 0.6) is 0 Å². The predicted octanol–water partition coefficient (Wildman–Crippen LogP) is 4.70. The standard InChI is InChI=1S/C21H21F3N4O/c1-12-13(2)25-9-8-19(12)26-20(29)11-18-14(3)27-28(15(18)4)17-7-5-6-16(10-17)21(22,23)24/h5-10H,11H2,1-4H3,(H,25,26,29). The van der Waals surface area contributed by atoms with E-state index in [-0.39, 0.29) is 12.3 Å². The number of nitrogens with one attached hydrogen (secondary N) is 1. The quantitative estimate of drug-likeness (QED) is 0.688. The minimum absolute atomic E-state index is 0.0669. The maximum Gasteiger partial charge on any atom is 0.416 e. The normalized spacial score (nSPS) is 11.6. The molecule has 0 fully saturated rings. The first kappa shape index (κ1) is 20.6. The van der Waals surface area contributed by atoms with Gasteiger partial charge in [-0.2, -0.15) is 18.3 Å². The van der Waals surface area contributed by atoms with Gasteiger partial charge in [0.05, 0.1) is 23.4 Å². The van der Waals surface area contributed by atoms with E-state index in [9.17, 15) is 18.0 Å². The van der Waals surface area contributed by atoms with Crippen LogP contribution in [-0.4, -0.2) is 20.7 Å². The molecule has 0 aliphatic rings. The second-order valence-electron chi connectivity index (χ2n) is 6.90. The number of alkyl halides is 3. The molecule has 0 aliphatic carbocycles.